The van der Waals surface area contributed by atoms with Gasteiger partial charge in [0.05, 0.1) is 0 Å². The van der Waals surface area contributed by atoms with Gasteiger partial charge in [0.25, 0.3) is 5.91 Å². The van der Waals surface area contributed by atoms with E-state index in [0.29, 0.717) is 33.2 Å². The number of halogens is 4. The zero-order chi connectivity index (χ0) is 25.3. The lowest BCUT2D eigenvalue weighted by Gasteiger charge is -2.10. The summed E-state index contributed by atoms with van der Waals surface area (Å²) < 4.78 is 54.6. The number of amides is 1. The number of nitrogens with one attached hydrogen (secondary N) is 1. The monoisotopic (exact) mass is 513 g/mol. The molecule has 1 aromatic carbocycles. The summed E-state index contributed by atoms with van der Waals surface area (Å²) in [6, 6.07) is 12.9. The first-order valence-electron chi connectivity index (χ1n) is 10.5. The van der Waals surface area contributed by atoms with Gasteiger partial charge in [-0.25, -0.2) is 9.67 Å². The second-order valence-corrected chi connectivity index (χ2v) is 8.62. The summed E-state index contributed by atoms with van der Waals surface area (Å²) in [7, 11) is 0. The van der Waals surface area contributed by atoms with Gasteiger partial charge < -0.3 is 5.32 Å². The largest absolute Gasteiger partial charge is 0.433 e. The molecule has 8 nitrogen and oxygen atoms in total. The topological polar surface area (TPSA) is 98.0 Å². The first kappa shape index (κ1) is 23.6. The summed E-state index contributed by atoms with van der Waals surface area (Å²) in [5.74, 6) is -0.575. The van der Waals surface area contributed by atoms with Gasteiger partial charge in [0.15, 0.2) is 17.3 Å². The highest BCUT2D eigenvalue weighted by atomic mass is 32.2. The van der Waals surface area contributed by atoms with Crippen LogP contribution in [0.25, 0.3) is 16.9 Å². The van der Waals surface area contributed by atoms with Crippen LogP contribution in [0.15, 0.2) is 65.8 Å². The highest BCUT2D eigenvalue weighted by molar-refractivity contribution is 8.14. The van der Waals surface area contributed by atoms with Crippen molar-refractivity contribution in [1.29, 1.82) is 0 Å². The molecule has 0 unspecified atom stereocenters. The van der Waals surface area contributed by atoms with Crippen LogP contribution in [0, 0.1) is 5.95 Å². The van der Waals surface area contributed by atoms with Crippen LogP contribution in [0.3, 0.4) is 0 Å². The van der Waals surface area contributed by atoms with Gasteiger partial charge in [0.2, 0.25) is 5.95 Å². The number of thioether (sulfide) groups is 1. The van der Waals surface area contributed by atoms with Crippen molar-refractivity contribution >= 4 is 28.5 Å². The number of carbonyl (C=O) groups is 1. The third kappa shape index (κ3) is 4.96. The summed E-state index contributed by atoms with van der Waals surface area (Å²) >= 11 is 1.33. The van der Waals surface area contributed by atoms with E-state index < -0.39 is 23.7 Å². The molecule has 3 aromatic heterocycles. The predicted molar refractivity (Wildman–Crippen MR) is 126 cm³/mol. The number of aromatic nitrogens is 5. The van der Waals surface area contributed by atoms with Gasteiger partial charge in [-0.3, -0.25) is 9.79 Å². The molecule has 1 aliphatic rings. The summed E-state index contributed by atoms with van der Waals surface area (Å²) in [6.07, 6.45) is -3.32. The molecule has 1 N–H and O–H groups in total. The maximum atomic E-state index is 13.6. The predicted octanol–water partition coefficient (Wildman–Crippen LogP) is 4.63. The minimum absolute atomic E-state index is 0.0364. The van der Waals surface area contributed by atoms with Gasteiger partial charge in [-0.2, -0.15) is 22.7 Å². The number of anilines is 1. The van der Waals surface area contributed by atoms with E-state index in [1.165, 1.54) is 42.2 Å². The van der Waals surface area contributed by atoms with Crippen LogP contribution in [0.5, 0.6) is 0 Å². The fourth-order valence-corrected chi connectivity index (χ4v) is 4.24. The quantitative estimate of drug-likeness (QED) is 0.309. The van der Waals surface area contributed by atoms with Crippen LogP contribution in [0.4, 0.5) is 23.4 Å². The number of pyridine rings is 1. The summed E-state index contributed by atoms with van der Waals surface area (Å²) in [5.41, 5.74) is 0.659. The highest BCUT2D eigenvalue weighted by Crippen LogP contribution is 2.32. The Labute approximate surface area is 205 Å². The molecular weight excluding hydrogens is 498 g/mol. The van der Waals surface area contributed by atoms with E-state index in [2.05, 4.69) is 30.6 Å². The van der Waals surface area contributed by atoms with Crippen LogP contribution < -0.4 is 5.32 Å². The summed E-state index contributed by atoms with van der Waals surface area (Å²) in [4.78, 5) is 20.5. The molecule has 0 fully saturated rings. The van der Waals surface area contributed by atoms with E-state index in [0.717, 1.165) is 6.07 Å². The summed E-state index contributed by atoms with van der Waals surface area (Å²) in [5, 5.41) is 14.7. The van der Waals surface area contributed by atoms with E-state index in [-0.39, 0.29) is 22.9 Å². The molecule has 4 heterocycles. The third-order valence-electron chi connectivity index (χ3n) is 5.10. The molecule has 0 spiro atoms. The first-order valence-corrected chi connectivity index (χ1v) is 11.5. The van der Waals surface area contributed by atoms with Crippen molar-refractivity contribution < 1.29 is 22.4 Å². The number of rotatable bonds is 5. The molecule has 13 heteroatoms. The van der Waals surface area contributed by atoms with Crippen molar-refractivity contribution in [2.24, 2.45) is 4.99 Å². The van der Waals surface area contributed by atoms with Crippen molar-refractivity contribution in [2.45, 2.75) is 6.18 Å². The lowest BCUT2D eigenvalue weighted by molar-refractivity contribution is -0.142. The van der Waals surface area contributed by atoms with Crippen molar-refractivity contribution in [3.8, 4) is 16.9 Å². The van der Waals surface area contributed by atoms with Crippen LogP contribution in [-0.4, -0.2) is 48.2 Å². The average molecular weight is 513 g/mol. The van der Waals surface area contributed by atoms with Crippen molar-refractivity contribution in [1.82, 2.24) is 25.0 Å². The zero-order valence-corrected chi connectivity index (χ0v) is 19.0. The van der Waals surface area contributed by atoms with Crippen LogP contribution >= 0.6 is 11.8 Å². The Morgan fingerprint density at radius 3 is 2.56 bits per heavy atom. The maximum absolute atomic E-state index is 13.6. The van der Waals surface area contributed by atoms with Gasteiger partial charge >= 0.3 is 6.18 Å². The van der Waals surface area contributed by atoms with Crippen molar-refractivity contribution in [3.63, 3.8) is 0 Å². The minimum atomic E-state index is -4.67. The third-order valence-corrected chi connectivity index (χ3v) is 6.10. The average Bonchev–Trinajstić information content (AvgIpc) is 3.55. The number of benzene rings is 1. The Kier molecular flexibility index (Phi) is 6.22. The molecular formula is C23H15F4N7OS. The zero-order valence-electron chi connectivity index (χ0n) is 18.2. The Morgan fingerprint density at radius 2 is 1.89 bits per heavy atom. The van der Waals surface area contributed by atoms with Crippen LogP contribution in [-0.2, 0) is 6.18 Å². The molecule has 5 rings (SSSR count). The lowest BCUT2D eigenvalue weighted by atomic mass is 10.0. The molecule has 0 atom stereocenters. The number of hydrogen-bond donors (Lipinski definition) is 1. The van der Waals surface area contributed by atoms with Gasteiger partial charge in [0, 0.05) is 29.6 Å². The van der Waals surface area contributed by atoms with E-state index in [1.54, 1.807) is 24.3 Å². The van der Waals surface area contributed by atoms with Crippen LogP contribution in [0.2, 0.25) is 0 Å². The van der Waals surface area contributed by atoms with Gasteiger partial charge in [-0.15, -0.1) is 22.0 Å². The number of nitrogens with zero attached hydrogens (tertiary/aromatic N) is 6. The maximum Gasteiger partial charge on any atom is 0.433 e. The molecule has 182 valence electrons. The Balaban J connectivity index is 1.36. The van der Waals surface area contributed by atoms with Crippen molar-refractivity contribution in [2.75, 3.05) is 17.6 Å². The Bertz CT molecular complexity index is 1450. The first-order chi connectivity index (χ1) is 17.3. The molecule has 0 saturated carbocycles. The highest BCUT2D eigenvalue weighted by Gasteiger charge is 2.37. The smallest absolute Gasteiger partial charge is 0.305 e. The van der Waals surface area contributed by atoms with Gasteiger partial charge in [-0.1, -0.05) is 12.1 Å². The number of alkyl halides is 3. The summed E-state index contributed by atoms with van der Waals surface area (Å²) in [6.45, 7) is 0.520. The second kappa shape index (κ2) is 9.49. The molecule has 36 heavy (non-hydrogen) atoms. The lowest BCUT2D eigenvalue weighted by Crippen LogP contribution is -2.16. The molecule has 0 bridgehead atoms. The van der Waals surface area contributed by atoms with Crippen LogP contribution in [0.1, 0.15) is 21.7 Å². The number of aliphatic imine (C=N–C) groups is 1. The fraction of sp³-hybridized carbons (Fsp3) is 0.130. The number of hydrogen-bond acceptors (Lipinski definition) is 7. The van der Waals surface area contributed by atoms with E-state index in [9.17, 15) is 22.4 Å². The molecule has 1 amide bonds. The standard InChI is InChI=1S/C23H15F4N7OS/c24-18-5-4-15(12-29-18)13-2-1-3-14(10-13)21(35)30-19-6-7-20(32-31-19)34-17(23(25,26)27)11-16(33-34)22-28-8-9-36-22/h1-7,10-12H,8-9H2,(H,30,31,35). The molecule has 0 radical (unpaired) electrons. The van der Waals surface area contributed by atoms with Gasteiger partial charge in [0.1, 0.15) is 10.7 Å². The Morgan fingerprint density at radius 1 is 1.03 bits per heavy atom. The van der Waals surface area contributed by atoms with Gasteiger partial charge in [-0.05, 0) is 48.0 Å². The van der Waals surface area contributed by atoms with E-state index in [1.807, 2.05) is 0 Å². The number of carbonyl (C=O) groups excluding carboxylic acids is 1. The molecule has 0 saturated heterocycles. The minimum Gasteiger partial charge on any atom is -0.305 e. The van der Waals surface area contributed by atoms with Crippen molar-refractivity contribution in [3.05, 3.63) is 83.7 Å². The second-order valence-electron chi connectivity index (χ2n) is 7.54. The van der Waals surface area contributed by atoms with E-state index >= 15 is 0 Å². The SMILES string of the molecule is O=C(Nc1ccc(-n2nc(C3=NCCS3)cc2C(F)(F)F)nn1)c1cccc(-c2ccc(F)nc2)c1. The Hall–Kier alpha value is -4.13. The van der Waals surface area contributed by atoms with E-state index in [4.69, 9.17) is 0 Å². The fourth-order valence-electron chi connectivity index (χ4n) is 3.43. The molecule has 4 aromatic rings. The molecule has 1 aliphatic heterocycles. The molecule has 0 aliphatic carbocycles. The normalized spacial score (nSPS) is 13.5.